The van der Waals surface area contributed by atoms with E-state index in [1.165, 1.54) is 13.4 Å². The summed E-state index contributed by atoms with van der Waals surface area (Å²) in [5.41, 5.74) is 1.47. The van der Waals surface area contributed by atoms with Crippen molar-refractivity contribution in [2.45, 2.75) is 37.1 Å². The van der Waals surface area contributed by atoms with E-state index in [1.54, 1.807) is 42.2 Å². The third-order valence-electron chi connectivity index (χ3n) is 5.90. The van der Waals surface area contributed by atoms with Crippen LogP contribution in [0, 0.1) is 0 Å². The van der Waals surface area contributed by atoms with Crippen LogP contribution in [0.2, 0.25) is 0 Å². The predicted molar refractivity (Wildman–Crippen MR) is 120 cm³/mol. The quantitative estimate of drug-likeness (QED) is 0.353. The summed E-state index contributed by atoms with van der Waals surface area (Å²) >= 11 is 0. The summed E-state index contributed by atoms with van der Waals surface area (Å²) < 4.78 is 11.5. The smallest absolute Gasteiger partial charge is 0.343 e. The first-order chi connectivity index (χ1) is 16.4. The minimum Gasteiger partial charge on any atom is -0.482 e. The minimum absolute atomic E-state index is 0.232. The van der Waals surface area contributed by atoms with E-state index in [9.17, 15) is 19.8 Å². The maximum absolute atomic E-state index is 12.7. The third kappa shape index (κ3) is 4.63. The van der Waals surface area contributed by atoms with Crippen LogP contribution in [0.25, 0.3) is 11.2 Å². The largest absolute Gasteiger partial charge is 0.482 e. The van der Waals surface area contributed by atoms with Crippen molar-refractivity contribution in [3.63, 3.8) is 0 Å². The summed E-state index contributed by atoms with van der Waals surface area (Å²) in [6, 6.07) is 5.13. The fraction of sp³-hybridized carbons (Fsp3) is 0.409. The van der Waals surface area contributed by atoms with Gasteiger partial charge in [0, 0.05) is 12.6 Å². The van der Waals surface area contributed by atoms with Crippen molar-refractivity contribution in [1.82, 2.24) is 24.8 Å². The number of anilines is 1. The van der Waals surface area contributed by atoms with Crippen molar-refractivity contribution >= 4 is 28.9 Å². The molecule has 2 heterocycles. The summed E-state index contributed by atoms with van der Waals surface area (Å²) in [7, 11) is 3.00. The maximum atomic E-state index is 12.7. The summed E-state index contributed by atoms with van der Waals surface area (Å²) in [5, 5.41) is 27.3. The molecule has 0 bridgehead atoms. The Morgan fingerprint density at radius 1 is 1.12 bits per heavy atom. The molecule has 4 rings (SSSR count). The third-order valence-corrected chi connectivity index (χ3v) is 5.90. The molecule has 4 N–H and O–H groups in total. The second-order valence-corrected chi connectivity index (χ2v) is 7.89. The average Bonchev–Trinajstić information content (AvgIpc) is 3.29. The molecule has 180 valence electrons. The molecule has 0 saturated heterocycles. The molecule has 3 aromatic rings. The summed E-state index contributed by atoms with van der Waals surface area (Å²) in [6.07, 6.45) is 1.59. The van der Waals surface area contributed by atoms with Crippen LogP contribution < -0.4 is 15.4 Å². The summed E-state index contributed by atoms with van der Waals surface area (Å²) in [6.45, 7) is -0.232. The highest BCUT2D eigenvalue weighted by molar-refractivity contribution is 5.94. The van der Waals surface area contributed by atoms with Crippen LogP contribution in [0.4, 0.5) is 5.82 Å². The number of aliphatic hydroxyl groups excluding tert-OH is 2. The molecule has 1 aliphatic rings. The van der Waals surface area contributed by atoms with Crippen molar-refractivity contribution in [1.29, 1.82) is 0 Å². The van der Waals surface area contributed by atoms with E-state index in [0.29, 0.717) is 41.1 Å². The number of amides is 1. The molecule has 0 unspecified atom stereocenters. The van der Waals surface area contributed by atoms with Gasteiger partial charge in [0.05, 0.1) is 25.5 Å². The van der Waals surface area contributed by atoms with Gasteiger partial charge in [-0.05, 0) is 37.1 Å². The van der Waals surface area contributed by atoms with Gasteiger partial charge in [0.1, 0.15) is 29.8 Å². The molecule has 0 radical (unpaired) electrons. The van der Waals surface area contributed by atoms with Crippen LogP contribution in [0.3, 0.4) is 0 Å². The average molecular weight is 470 g/mol. The van der Waals surface area contributed by atoms with Crippen LogP contribution in [-0.2, 0) is 9.53 Å². The van der Waals surface area contributed by atoms with Gasteiger partial charge in [0.2, 0.25) is 0 Å². The lowest BCUT2D eigenvalue weighted by Gasteiger charge is -2.38. The number of rotatable bonds is 7. The Labute approximate surface area is 194 Å². The monoisotopic (exact) mass is 470 g/mol. The van der Waals surface area contributed by atoms with Crippen LogP contribution in [-0.4, -0.2) is 80.6 Å². The van der Waals surface area contributed by atoms with Gasteiger partial charge in [0.15, 0.2) is 18.1 Å². The second kappa shape index (κ2) is 10.0. The van der Waals surface area contributed by atoms with Gasteiger partial charge in [0.25, 0.3) is 5.91 Å². The molecule has 0 spiro atoms. The highest BCUT2D eigenvalue weighted by Gasteiger charge is 2.39. The lowest BCUT2D eigenvalue weighted by molar-refractivity contribution is -0.142. The molecule has 1 fully saturated rings. The zero-order chi connectivity index (χ0) is 24.2. The number of carbonyl (C=O) groups excluding carboxylic acids is 2. The lowest BCUT2D eigenvalue weighted by atomic mass is 9.85. The number of carbonyl (C=O) groups is 2. The van der Waals surface area contributed by atoms with E-state index in [2.05, 4.69) is 30.3 Å². The number of hydrogen-bond donors (Lipinski definition) is 4. The number of benzene rings is 1. The fourth-order valence-electron chi connectivity index (χ4n) is 4.05. The van der Waals surface area contributed by atoms with Gasteiger partial charge in [-0.1, -0.05) is 0 Å². The van der Waals surface area contributed by atoms with Gasteiger partial charge in [-0.2, -0.15) is 0 Å². The Kier molecular flexibility index (Phi) is 6.89. The second-order valence-electron chi connectivity index (χ2n) is 7.89. The molecule has 12 nitrogen and oxygen atoms in total. The molecule has 1 amide bonds. The Morgan fingerprint density at radius 3 is 2.59 bits per heavy atom. The van der Waals surface area contributed by atoms with Gasteiger partial charge < -0.3 is 34.9 Å². The van der Waals surface area contributed by atoms with Crippen LogP contribution in [0.1, 0.15) is 29.2 Å². The van der Waals surface area contributed by atoms with Crippen molar-refractivity contribution in [3.05, 3.63) is 42.5 Å². The minimum atomic E-state index is -1.19. The first kappa shape index (κ1) is 23.4. The van der Waals surface area contributed by atoms with Gasteiger partial charge >= 0.3 is 5.97 Å². The van der Waals surface area contributed by atoms with Crippen LogP contribution >= 0.6 is 0 Å². The number of aromatic nitrogens is 4. The number of ether oxygens (including phenoxy) is 2. The first-order valence-electron chi connectivity index (χ1n) is 10.7. The van der Waals surface area contributed by atoms with Crippen molar-refractivity contribution < 1.29 is 29.3 Å². The Bertz CT molecular complexity index is 1170. The molecular weight excluding hydrogens is 444 g/mol. The highest BCUT2D eigenvalue weighted by atomic mass is 16.6. The predicted octanol–water partition coefficient (Wildman–Crippen LogP) is 0.275. The zero-order valence-electron chi connectivity index (χ0n) is 18.7. The SMILES string of the molecule is CNc1ncnc2c1ncn2[C@@H]1CC[C@@H](NC(=O)c2ccc(OCC(=O)OC)cc2)[C@@H](O)[C@@H]1O. The number of imidazole rings is 1. The topological polar surface area (TPSA) is 161 Å². The molecular formula is C22H26N6O6. The van der Waals surface area contributed by atoms with E-state index in [0.717, 1.165) is 0 Å². The van der Waals surface area contributed by atoms with Crippen molar-refractivity contribution in [2.75, 3.05) is 26.1 Å². The molecule has 0 aliphatic heterocycles. The lowest BCUT2D eigenvalue weighted by Crippen LogP contribution is -2.54. The van der Waals surface area contributed by atoms with Gasteiger partial charge in [-0.15, -0.1) is 0 Å². The number of nitrogens with one attached hydrogen (secondary N) is 2. The Hall–Kier alpha value is -3.77. The van der Waals surface area contributed by atoms with Crippen molar-refractivity contribution in [3.8, 4) is 5.75 Å². The molecule has 1 aliphatic carbocycles. The number of fused-ring (bicyclic) bond motifs is 1. The number of nitrogens with zero attached hydrogens (tertiary/aromatic N) is 4. The van der Waals surface area contributed by atoms with Crippen LogP contribution in [0.15, 0.2) is 36.9 Å². The number of aliphatic hydroxyl groups is 2. The fourth-order valence-corrected chi connectivity index (χ4v) is 4.05. The van der Waals surface area contributed by atoms with Crippen molar-refractivity contribution in [2.24, 2.45) is 0 Å². The molecule has 1 aromatic carbocycles. The van der Waals surface area contributed by atoms with Crippen LogP contribution in [0.5, 0.6) is 5.75 Å². The standard InChI is InChI=1S/C22H26N6O6/c1-23-20-17-21(25-10-24-20)28(11-26-17)15-8-7-14(18(30)19(15)31)27-22(32)12-3-5-13(6-4-12)34-9-16(29)33-2/h3-6,10-11,14-15,18-19,30-31H,7-9H2,1-2H3,(H,27,32)(H,23,24,25)/t14-,15-,18-,19-/m1/s1. The van der Waals surface area contributed by atoms with Gasteiger partial charge in [-0.3, -0.25) is 4.79 Å². The summed E-state index contributed by atoms with van der Waals surface area (Å²) in [4.78, 5) is 36.6. The van der Waals surface area contributed by atoms with E-state index < -0.39 is 36.2 Å². The Balaban J connectivity index is 1.40. The van der Waals surface area contributed by atoms with Gasteiger partial charge in [-0.25, -0.2) is 19.7 Å². The number of hydrogen-bond acceptors (Lipinski definition) is 10. The molecule has 12 heteroatoms. The summed E-state index contributed by atoms with van der Waals surface area (Å²) in [5.74, 6) is 0.0782. The maximum Gasteiger partial charge on any atom is 0.343 e. The normalized spacial score (nSPS) is 22.2. The molecule has 34 heavy (non-hydrogen) atoms. The number of esters is 1. The van der Waals surface area contributed by atoms with E-state index in [4.69, 9.17) is 4.74 Å². The molecule has 4 atom stereocenters. The number of methoxy groups -OCH3 is 1. The van der Waals surface area contributed by atoms with E-state index in [1.807, 2.05) is 0 Å². The zero-order valence-corrected chi connectivity index (χ0v) is 18.7. The molecule has 2 aromatic heterocycles. The van der Waals surface area contributed by atoms with E-state index >= 15 is 0 Å². The molecule has 1 saturated carbocycles. The highest BCUT2D eigenvalue weighted by Crippen LogP contribution is 2.32. The van der Waals surface area contributed by atoms with E-state index in [-0.39, 0.29) is 6.61 Å². The first-order valence-corrected chi connectivity index (χ1v) is 10.7. The Morgan fingerprint density at radius 2 is 1.88 bits per heavy atom.